The fourth-order valence-electron chi connectivity index (χ4n) is 3.79. The van der Waals surface area contributed by atoms with Crippen molar-refractivity contribution in [2.45, 2.75) is 40.0 Å². The lowest BCUT2D eigenvalue weighted by molar-refractivity contribution is -0.120. The minimum absolute atomic E-state index is 0.0194. The molecule has 5 heteroatoms. The van der Waals surface area contributed by atoms with Gasteiger partial charge in [0.1, 0.15) is 5.70 Å². The summed E-state index contributed by atoms with van der Waals surface area (Å²) >= 11 is 6.30. The Kier molecular flexibility index (Phi) is 5.89. The molecule has 0 saturated heterocycles. The Balaban J connectivity index is 1.78. The molecule has 0 aliphatic carbocycles. The Bertz CT molecular complexity index is 1270. The molecule has 1 N–H and O–H groups in total. The number of anilines is 2. The normalized spacial score (nSPS) is 14.3. The molecule has 0 fully saturated rings. The van der Waals surface area contributed by atoms with Crippen molar-refractivity contribution < 1.29 is 9.59 Å². The second-order valence-electron chi connectivity index (χ2n) is 9.45. The third-order valence-corrected chi connectivity index (χ3v) is 6.27. The van der Waals surface area contributed by atoms with E-state index in [0.717, 1.165) is 16.8 Å². The van der Waals surface area contributed by atoms with Crippen LogP contribution in [0.2, 0.25) is 5.02 Å². The molecule has 4 nitrogen and oxygen atoms in total. The van der Waals surface area contributed by atoms with Crippen LogP contribution in [0.15, 0.2) is 72.4 Å². The minimum atomic E-state index is -0.407. The third-order valence-electron chi connectivity index (χ3n) is 5.86. The summed E-state index contributed by atoms with van der Waals surface area (Å²) in [5, 5.41) is 3.73. The first-order valence-corrected chi connectivity index (χ1v) is 11.3. The summed E-state index contributed by atoms with van der Waals surface area (Å²) in [6.07, 6.45) is 0. The number of imide groups is 1. The molecule has 0 spiro atoms. The third kappa shape index (κ3) is 4.44. The molecule has 168 valence electrons. The molecule has 0 bridgehead atoms. The second-order valence-corrected chi connectivity index (χ2v) is 9.85. The van der Waals surface area contributed by atoms with E-state index >= 15 is 0 Å². The number of amides is 2. The SMILES string of the molecule is Cc1ccc(C2=C(Nc3ccc(C(C)(C)C)cc3)C(=O)N(c3ccc(C)c(Cl)c3)C2=O)cc1. The summed E-state index contributed by atoms with van der Waals surface area (Å²) < 4.78 is 0. The van der Waals surface area contributed by atoms with Gasteiger partial charge in [-0.2, -0.15) is 0 Å². The summed E-state index contributed by atoms with van der Waals surface area (Å²) in [6, 6.07) is 20.7. The van der Waals surface area contributed by atoms with Crippen molar-refractivity contribution in [3.8, 4) is 0 Å². The molecule has 0 radical (unpaired) electrons. The van der Waals surface area contributed by atoms with Crippen LogP contribution in [-0.2, 0) is 15.0 Å². The van der Waals surface area contributed by atoms with Crippen molar-refractivity contribution in [3.63, 3.8) is 0 Å². The van der Waals surface area contributed by atoms with Crippen molar-refractivity contribution in [1.82, 2.24) is 0 Å². The quantitative estimate of drug-likeness (QED) is 0.445. The maximum Gasteiger partial charge on any atom is 0.282 e. The van der Waals surface area contributed by atoms with Crippen molar-refractivity contribution in [2.24, 2.45) is 0 Å². The smallest absolute Gasteiger partial charge is 0.282 e. The number of hydrogen-bond donors (Lipinski definition) is 1. The topological polar surface area (TPSA) is 49.4 Å². The predicted molar refractivity (Wildman–Crippen MR) is 136 cm³/mol. The molecule has 1 aliphatic heterocycles. The Hall–Kier alpha value is -3.37. The highest BCUT2D eigenvalue weighted by atomic mass is 35.5. The van der Waals surface area contributed by atoms with E-state index in [2.05, 4.69) is 26.1 Å². The number of nitrogens with zero attached hydrogens (tertiary/aromatic N) is 1. The molecule has 1 aliphatic rings. The first-order valence-electron chi connectivity index (χ1n) is 10.9. The maximum absolute atomic E-state index is 13.5. The molecular formula is C28H27ClN2O2. The van der Waals surface area contributed by atoms with E-state index < -0.39 is 5.91 Å². The van der Waals surface area contributed by atoms with Crippen LogP contribution in [0.5, 0.6) is 0 Å². The zero-order valence-electron chi connectivity index (χ0n) is 19.5. The van der Waals surface area contributed by atoms with E-state index in [0.29, 0.717) is 21.8 Å². The number of nitrogens with one attached hydrogen (secondary N) is 1. The van der Waals surface area contributed by atoms with Gasteiger partial charge in [-0.15, -0.1) is 0 Å². The molecule has 2 amide bonds. The Morgan fingerprint density at radius 3 is 2.03 bits per heavy atom. The molecule has 1 heterocycles. The summed E-state index contributed by atoms with van der Waals surface area (Å²) in [6.45, 7) is 10.3. The average molecular weight is 459 g/mol. The van der Waals surface area contributed by atoms with Crippen LogP contribution in [0.3, 0.4) is 0 Å². The number of carbonyl (C=O) groups is 2. The largest absolute Gasteiger partial charge is 0.350 e. The van der Waals surface area contributed by atoms with E-state index in [4.69, 9.17) is 11.6 Å². The van der Waals surface area contributed by atoms with E-state index in [-0.39, 0.29) is 17.0 Å². The Morgan fingerprint density at radius 2 is 1.45 bits per heavy atom. The minimum Gasteiger partial charge on any atom is -0.350 e. The number of aryl methyl sites for hydroxylation is 2. The fraction of sp³-hybridized carbons (Fsp3) is 0.214. The van der Waals surface area contributed by atoms with Gasteiger partial charge in [0.15, 0.2) is 0 Å². The Labute approximate surface area is 199 Å². The van der Waals surface area contributed by atoms with Crippen LogP contribution in [0, 0.1) is 13.8 Å². The first kappa shape index (κ1) is 22.8. The van der Waals surface area contributed by atoms with Gasteiger partial charge in [-0.05, 0) is 60.2 Å². The summed E-state index contributed by atoms with van der Waals surface area (Å²) in [4.78, 5) is 28.3. The van der Waals surface area contributed by atoms with Crippen LogP contribution >= 0.6 is 11.6 Å². The molecule has 3 aromatic carbocycles. The molecule has 0 aromatic heterocycles. The molecular weight excluding hydrogens is 432 g/mol. The number of halogens is 1. The molecule has 3 aromatic rings. The average Bonchev–Trinajstić information content (AvgIpc) is 3.00. The monoisotopic (exact) mass is 458 g/mol. The highest BCUT2D eigenvalue weighted by Gasteiger charge is 2.40. The fourth-order valence-corrected chi connectivity index (χ4v) is 3.96. The van der Waals surface area contributed by atoms with Crippen LogP contribution in [0.25, 0.3) is 5.57 Å². The van der Waals surface area contributed by atoms with Crippen LogP contribution in [-0.4, -0.2) is 11.8 Å². The highest BCUT2D eigenvalue weighted by Crippen LogP contribution is 2.35. The van der Waals surface area contributed by atoms with Crippen molar-refractivity contribution in [1.29, 1.82) is 0 Å². The lowest BCUT2D eigenvalue weighted by Gasteiger charge is -2.19. The number of carbonyl (C=O) groups excluding carboxylic acids is 2. The molecule has 33 heavy (non-hydrogen) atoms. The van der Waals surface area contributed by atoms with E-state index in [1.165, 1.54) is 10.5 Å². The number of hydrogen-bond acceptors (Lipinski definition) is 3. The van der Waals surface area contributed by atoms with Crippen LogP contribution < -0.4 is 10.2 Å². The molecule has 0 saturated carbocycles. The second kappa shape index (κ2) is 8.53. The summed E-state index contributed by atoms with van der Waals surface area (Å²) in [5.41, 5.74) is 5.64. The first-order chi connectivity index (χ1) is 15.6. The van der Waals surface area contributed by atoms with Gasteiger partial charge in [-0.25, -0.2) is 4.90 Å². The number of benzene rings is 3. The standard InChI is InChI=1S/C28H27ClN2O2/c1-17-6-9-19(10-7-17)24-25(30-21-13-11-20(12-14-21)28(3,4)5)27(33)31(26(24)32)22-15-8-18(2)23(29)16-22/h6-16,30H,1-5H3. The highest BCUT2D eigenvalue weighted by molar-refractivity contribution is 6.46. The van der Waals surface area contributed by atoms with Crippen molar-refractivity contribution in [2.75, 3.05) is 10.2 Å². The summed E-state index contributed by atoms with van der Waals surface area (Å²) in [5.74, 6) is -0.784. The zero-order chi connectivity index (χ0) is 23.9. The molecule has 0 atom stereocenters. The van der Waals surface area contributed by atoms with Gasteiger partial charge in [0.2, 0.25) is 0 Å². The van der Waals surface area contributed by atoms with Gasteiger partial charge >= 0.3 is 0 Å². The van der Waals surface area contributed by atoms with Crippen molar-refractivity contribution >= 4 is 40.4 Å². The van der Waals surface area contributed by atoms with Gasteiger partial charge in [0, 0.05) is 10.7 Å². The van der Waals surface area contributed by atoms with Crippen molar-refractivity contribution in [3.05, 3.63) is 99.7 Å². The Morgan fingerprint density at radius 1 is 0.818 bits per heavy atom. The lowest BCUT2D eigenvalue weighted by Crippen LogP contribution is -2.32. The maximum atomic E-state index is 13.5. The molecule has 4 rings (SSSR count). The van der Waals surface area contributed by atoms with Gasteiger partial charge in [-0.3, -0.25) is 9.59 Å². The van der Waals surface area contributed by atoms with E-state index in [1.54, 1.807) is 18.2 Å². The van der Waals surface area contributed by atoms with E-state index in [9.17, 15) is 9.59 Å². The van der Waals surface area contributed by atoms with Gasteiger partial charge < -0.3 is 5.32 Å². The zero-order valence-corrected chi connectivity index (χ0v) is 20.2. The number of rotatable bonds is 4. The van der Waals surface area contributed by atoms with Gasteiger partial charge in [-0.1, -0.05) is 80.4 Å². The molecule has 0 unspecified atom stereocenters. The van der Waals surface area contributed by atoms with E-state index in [1.807, 2.05) is 62.4 Å². The lowest BCUT2D eigenvalue weighted by atomic mass is 9.87. The predicted octanol–water partition coefficient (Wildman–Crippen LogP) is 6.65. The van der Waals surface area contributed by atoms with Crippen LogP contribution in [0.1, 0.15) is 43.0 Å². The van der Waals surface area contributed by atoms with Gasteiger partial charge in [0.05, 0.1) is 11.3 Å². The van der Waals surface area contributed by atoms with Crippen LogP contribution in [0.4, 0.5) is 11.4 Å². The van der Waals surface area contributed by atoms with Gasteiger partial charge in [0.25, 0.3) is 11.8 Å². The summed E-state index contributed by atoms with van der Waals surface area (Å²) in [7, 11) is 0.